The lowest BCUT2D eigenvalue weighted by molar-refractivity contribution is -0.0440. The van der Waals surface area contributed by atoms with Crippen LogP contribution in [0.4, 0.5) is 5.69 Å². The van der Waals surface area contributed by atoms with Crippen molar-refractivity contribution in [2.45, 2.75) is 62.7 Å². The lowest BCUT2D eigenvalue weighted by Crippen LogP contribution is -2.48. The molecule has 1 aliphatic carbocycles. The van der Waals surface area contributed by atoms with E-state index in [0.717, 1.165) is 25.7 Å². The Labute approximate surface area is 200 Å². The van der Waals surface area contributed by atoms with E-state index in [4.69, 9.17) is 4.74 Å². The molecule has 0 bridgehead atoms. The van der Waals surface area contributed by atoms with Gasteiger partial charge in [-0.25, -0.2) is 8.42 Å². The predicted octanol–water partition coefficient (Wildman–Crippen LogP) is 3.41. The molecule has 2 fully saturated rings. The number of nitrogens with one attached hydrogen (secondary N) is 2. The number of hydrogen-bond donors (Lipinski definition) is 2. The number of ether oxygens (including phenoxy) is 1. The van der Waals surface area contributed by atoms with E-state index in [1.165, 1.54) is 16.4 Å². The van der Waals surface area contributed by atoms with Crippen LogP contribution in [0.15, 0.2) is 53.4 Å². The number of benzene rings is 2. The fourth-order valence-electron chi connectivity index (χ4n) is 4.59. The van der Waals surface area contributed by atoms with Crippen LogP contribution in [0.5, 0.6) is 0 Å². The highest BCUT2D eigenvalue weighted by atomic mass is 32.2. The summed E-state index contributed by atoms with van der Waals surface area (Å²) in [6, 6.07) is 12.9. The molecule has 2 unspecified atom stereocenters. The Morgan fingerprint density at radius 3 is 2.32 bits per heavy atom. The van der Waals surface area contributed by atoms with Gasteiger partial charge in [0.2, 0.25) is 10.0 Å². The predicted molar refractivity (Wildman–Crippen MR) is 129 cm³/mol. The number of carbonyl (C=O) groups excluding carboxylic acids is 2. The normalized spacial score (nSPS) is 21.8. The molecule has 8 nitrogen and oxygen atoms in total. The van der Waals surface area contributed by atoms with Gasteiger partial charge in [-0.2, -0.15) is 4.31 Å². The van der Waals surface area contributed by atoms with Gasteiger partial charge in [0.25, 0.3) is 11.8 Å². The SMILES string of the molecule is CC1CN(S(=O)(=O)c2cccc(C(=O)Nc3ccccc3C(=O)NC3CCCC3)c2)CC(C)O1. The highest BCUT2D eigenvalue weighted by Crippen LogP contribution is 2.24. The Kier molecular flexibility index (Phi) is 7.35. The lowest BCUT2D eigenvalue weighted by atomic mass is 10.1. The van der Waals surface area contributed by atoms with Crippen molar-refractivity contribution in [2.24, 2.45) is 0 Å². The zero-order valence-electron chi connectivity index (χ0n) is 19.5. The summed E-state index contributed by atoms with van der Waals surface area (Å²) in [6.07, 6.45) is 3.70. The molecule has 2 N–H and O–H groups in total. The first-order chi connectivity index (χ1) is 16.2. The number of sulfonamides is 1. The van der Waals surface area contributed by atoms with Crippen LogP contribution in [0, 0.1) is 0 Å². The van der Waals surface area contributed by atoms with E-state index in [0.29, 0.717) is 11.3 Å². The number of para-hydroxylation sites is 1. The number of rotatable bonds is 6. The molecule has 34 heavy (non-hydrogen) atoms. The van der Waals surface area contributed by atoms with E-state index in [-0.39, 0.29) is 47.7 Å². The summed E-state index contributed by atoms with van der Waals surface area (Å²) in [5.74, 6) is -0.712. The van der Waals surface area contributed by atoms with Gasteiger partial charge < -0.3 is 15.4 Å². The summed E-state index contributed by atoms with van der Waals surface area (Å²) in [4.78, 5) is 25.9. The van der Waals surface area contributed by atoms with Crippen LogP contribution >= 0.6 is 0 Å². The third kappa shape index (κ3) is 5.48. The molecule has 9 heteroatoms. The van der Waals surface area contributed by atoms with E-state index in [1.807, 2.05) is 13.8 Å². The van der Waals surface area contributed by atoms with Crippen LogP contribution < -0.4 is 10.6 Å². The monoisotopic (exact) mass is 485 g/mol. The Bertz CT molecular complexity index is 1150. The van der Waals surface area contributed by atoms with Crippen LogP contribution in [-0.2, 0) is 14.8 Å². The maximum absolute atomic E-state index is 13.2. The van der Waals surface area contributed by atoms with E-state index in [9.17, 15) is 18.0 Å². The van der Waals surface area contributed by atoms with Crippen molar-refractivity contribution in [3.05, 3.63) is 59.7 Å². The van der Waals surface area contributed by atoms with Crippen molar-refractivity contribution in [1.82, 2.24) is 9.62 Å². The lowest BCUT2D eigenvalue weighted by Gasteiger charge is -2.34. The quantitative estimate of drug-likeness (QED) is 0.653. The van der Waals surface area contributed by atoms with Gasteiger partial charge in [0.05, 0.1) is 28.4 Å². The zero-order chi connectivity index (χ0) is 24.3. The molecule has 0 aromatic heterocycles. The largest absolute Gasteiger partial charge is 0.373 e. The number of anilines is 1. The summed E-state index contributed by atoms with van der Waals surface area (Å²) in [5, 5.41) is 5.81. The van der Waals surface area contributed by atoms with E-state index in [1.54, 1.807) is 36.4 Å². The van der Waals surface area contributed by atoms with Crippen molar-refractivity contribution >= 4 is 27.5 Å². The molecule has 1 saturated carbocycles. The average Bonchev–Trinajstić information content (AvgIpc) is 3.32. The second-order valence-electron chi connectivity index (χ2n) is 9.06. The molecule has 1 saturated heterocycles. The molecule has 2 atom stereocenters. The second-order valence-corrected chi connectivity index (χ2v) is 11.0. The van der Waals surface area contributed by atoms with Crippen molar-refractivity contribution in [1.29, 1.82) is 0 Å². The molecule has 1 aliphatic heterocycles. The van der Waals surface area contributed by atoms with Crippen LogP contribution in [0.25, 0.3) is 0 Å². The second kappa shape index (κ2) is 10.2. The van der Waals surface area contributed by atoms with Crippen LogP contribution in [0.3, 0.4) is 0 Å². The topological polar surface area (TPSA) is 105 Å². The number of nitrogens with zero attached hydrogens (tertiary/aromatic N) is 1. The van der Waals surface area contributed by atoms with Gasteiger partial charge in [-0.3, -0.25) is 9.59 Å². The molecular formula is C25H31N3O5S. The summed E-state index contributed by atoms with van der Waals surface area (Å²) in [6.45, 7) is 4.18. The smallest absolute Gasteiger partial charge is 0.255 e. The first-order valence-electron chi connectivity index (χ1n) is 11.7. The average molecular weight is 486 g/mol. The number of amides is 2. The Morgan fingerprint density at radius 2 is 1.62 bits per heavy atom. The minimum Gasteiger partial charge on any atom is -0.373 e. The van der Waals surface area contributed by atoms with Crippen molar-refractivity contribution in [3.63, 3.8) is 0 Å². The molecule has 2 aromatic carbocycles. The molecule has 2 aliphatic rings. The summed E-state index contributed by atoms with van der Waals surface area (Å²) in [7, 11) is -3.78. The zero-order valence-corrected chi connectivity index (χ0v) is 20.3. The Hall–Kier alpha value is -2.75. The minimum absolute atomic E-state index is 0.0497. The number of carbonyl (C=O) groups is 2. The van der Waals surface area contributed by atoms with Crippen LogP contribution in [0.1, 0.15) is 60.2 Å². The van der Waals surface area contributed by atoms with Crippen LogP contribution in [-0.4, -0.2) is 55.9 Å². The standard InChI is InChI=1S/C25H31N3O5S/c1-17-15-28(16-18(2)33-17)34(31,32)21-11-7-8-19(14-21)24(29)27-23-13-6-5-12-22(23)25(30)26-20-9-3-4-10-20/h5-8,11-14,17-18,20H,3-4,9-10,15-16H2,1-2H3,(H,26,30)(H,27,29). The number of morpholine rings is 1. The van der Waals surface area contributed by atoms with Gasteiger partial charge in [0, 0.05) is 24.7 Å². The highest BCUT2D eigenvalue weighted by molar-refractivity contribution is 7.89. The molecule has 4 rings (SSSR count). The maximum atomic E-state index is 13.2. The van der Waals surface area contributed by atoms with Crippen molar-refractivity contribution in [3.8, 4) is 0 Å². The summed E-state index contributed by atoms with van der Waals surface area (Å²) < 4.78 is 33.5. The molecule has 2 aromatic rings. The minimum atomic E-state index is -3.78. The molecule has 2 amide bonds. The van der Waals surface area contributed by atoms with Gasteiger partial charge in [-0.05, 0) is 57.0 Å². The van der Waals surface area contributed by atoms with E-state index in [2.05, 4.69) is 10.6 Å². The van der Waals surface area contributed by atoms with E-state index < -0.39 is 15.9 Å². The maximum Gasteiger partial charge on any atom is 0.255 e. The Balaban J connectivity index is 1.52. The summed E-state index contributed by atoms with van der Waals surface area (Å²) in [5.41, 5.74) is 0.955. The summed E-state index contributed by atoms with van der Waals surface area (Å²) >= 11 is 0. The van der Waals surface area contributed by atoms with Gasteiger partial charge in [0.1, 0.15) is 0 Å². The molecule has 1 heterocycles. The highest BCUT2D eigenvalue weighted by Gasteiger charge is 2.32. The van der Waals surface area contributed by atoms with Gasteiger partial charge in [0.15, 0.2) is 0 Å². The third-order valence-electron chi connectivity index (χ3n) is 6.23. The molecule has 0 spiro atoms. The van der Waals surface area contributed by atoms with Crippen molar-refractivity contribution < 1.29 is 22.7 Å². The van der Waals surface area contributed by atoms with Gasteiger partial charge >= 0.3 is 0 Å². The molecule has 182 valence electrons. The molecule has 0 radical (unpaired) electrons. The van der Waals surface area contributed by atoms with Crippen LogP contribution in [0.2, 0.25) is 0 Å². The van der Waals surface area contributed by atoms with Gasteiger partial charge in [-0.1, -0.05) is 31.0 Å². The third-order valence-corrected chi connectivity index (χ3v) is 8.06. The van der Waals surface area contributed by atoms with E-state index >= 15 is 0 Å². The van der Waals surface area contributed by atoms with Gasteiger partial charge in [-0.15, -0.1) is 0 Å². The number of hydrogen-bond acceptors (Lipinski definition) is 5. The fraction of sp³-hybridized carbons (Fsp3) is 0.440. The Morgan fingerprint density at radius 1 is 0.941 bits per heavy atom. The first kappa shape index (κ1) is 24.4. The fourth-order valence-corrected chi connectivity index (χ4v) is 6.23. The molecular weight excluding hydrogens is 454 g/mol. The first-order valence-corrected chi connectivity index (χ1v) is 13.1. The van der Waals surface area contributed by atoms with Crippen molar-refractivity contribution in [2.75, 3.05) is 18.4 Å².